The van der Waals surface area contributed by atoms with Gasteiger partial charge in [0.1, 0.15) is 5.82 Å². The van der Waals surface area contributed by atoms with Crippen LogP contribution in [0.5, 0.6) is 0 Å². The Balaban J connectivity index is 2.08. The molecule has 2 atom stereocenters. The molecule has 1 aromatic carbocycles. The number of hydrogen-bond acceptors (Lipinski definition) is 3. The van der Waals surface area contributed by atoms with Crippen molar-refractivity contribution in [3.63, 3.8) is 0 Å². The summed E-state index contributed by atoms with van der Waals surface area (Å²) in [7, 11) is 0. The third kappa shape index (κ3) is 3.32. The first kappa shape index (κ1) is 14.4. The van der Waals surface area contributed by atoms with Crippen LogP contribution in [-0.4, -0.2) is 31.0 Å². The molecule has 1 aromatic rings. The molecular weight excluding hydrogens is 245 g/mol. The summed E-state index contributed by atoms with van der Waals surface area (Å²) in [6.45, 7) is 5.01. The van der Waals surface area contributed by atoms with Gasteiger partial charge in [0.05, 0.1) is 18.2 Å². The second-order valence-electron chi connectivity index (χ2n) is 5.47. The van der Waals surface area contributed by atoms with E-state index in [2.05, 4.69) is 5.32 Å². The molecule has 0 bridgehead atoms. The molecule has 0 amide bonds. The Morgan fingerprint density at radius 3 is 2.89 bits per heavy atom. The van der Waals surface area contributed by atoms with E-state index in [9.17, 15) is 9.50 Å². The van der Waals surface area contributed by atoms with Crippen LogP contribution < -0.4 is 5.32 Å². The molecule has 4 heteroatoms. The lowest BCUT2D eigenvalue weighted by Gasteiger charge is -2.31. The maximum absolute atomic E-state index is 13.7. The van der Waals surface area contributed by atoms with Crippen LogP contribution in [0, 0.1) is 12.7 Å². The zero-order valence-corrected chi connectivity index (χ0v) is 11.6. The number of halogens is 1. The number of hydrogen-bond donors (Lipinski definition) is 2. The van der Waals surface area contributed by atoms with Crippen molar-refractivity contribution in [2.75, 3.05) is 19.8 Å². The highest BCUT2D eigenvalue weighted by atomic mass is 19.1. The molecule has 0 saturated carbocycles. The Labute approximate surface area is 113 Å². The molecule has 0 aromatic heterocycles. The van der Waals surface area contributed by atoms with Crippen LogP contribution >= 0.6 is 0 Å². The van der Waals surface area contributed by atoms with Gasteiger partial charge in [0, 0.05) is 13.2 Å². The molecule has 1 heterocycles. The fourth-order valence-electron chi connectivity index (χ4n) is 2.33. The fourth-order valence-corrected chi connectivity index (χ4v) is 2.33. The molecule has 2 N–H and O–H groups in total. The molecule has 3 nitrogen and oxygen atoms in total. The lowest BCUT2D eigenvalue weighted by Crippen LogP contribution is -2.46. The van der Waals surface area contributed by atoms with Crippen molar-refractivity contribution in [3.8, 4) is 0 Å². The van der Waals surface area contributed by atoms with Gasteiger partial charge >= 0.3 is 0 Å². The summed E-state index contributed by atoms with van der Waals surface area (Å²) in [6.07, 6.45) is 2.32. The van der Waals surface area contributed by atoms with Crippen molar-refractivity contribution < 1.29 is 14.2 Å². The van der Waals surface area contributed by atoms with E-state index >= 15 is 0 Å². The third-order valence-electron chi connectivity index (χ3n) is 3.87. The summed E-state index contributed by atoms with van der Waals surface area (Å²) >= 11 is 0. The zero-order valence-electron chi connectivity index (χ0n) is 11.6. The van der Waals surface area contributed by atoms with Crippen LogP contribution in [-0.2, 0) is 10.3 Å². The normalized spacial score (nSPS) is 22.4. The van der Waals surface area contributed by atoms with Gasteiger partial charge in [-0.15, -0.1) is 0 Å². The summed E-state index contributed by atoms with van der Waals surface area (Å²) in [5.41, 5.74) is 0.736. The molecule has 0 spiro atoms. The minimum Gasteiger partial charge on any atom is -0.394 e. The first-order valence-electron chi connectivity index (χ1n) is 6.79. The average Bonchev–Trinajstić information content (AvgIpc) is 2.92. The number of nitrogens with one attached hydrogen (secondary N) is 1. The Morgan fingerprint density at radius 1 is 1.53 bits per heavy atom. The van der Waals surface area contributed by atoms with Crippen molar-refractivity contribution >= 4 is 0 Å². The smallest absolute Gasteiger partial charge is 0.126 e. The Hall–Kier alpha value is -0.970. The molecule has 2 rings (SSSR count). The van der Waals surface area contributed by atoms with E-state index in [1.807, 2.05) is 13.0 Å². The van der Waals surface area contributed by atoms with Gasteiger partial charge in [0.25, 0.3) is 0 Å². The molecule has 1 saturated heterocycles. The first-order chi connectivity index (χ1) is 9.05. The van der Waals surface area contributed by atoms with Gasteiger partial charge in [-0.2, -0.15) is 0 Å². The number of aryl methyl sites for hydroxylation is 1. The SMILES string of the molecule is Cc1ccc(C(C)(CO)NCC2CCCO2)cc1F. The summed E-state index contributed by atoms with van der Waals surface area (Å²) in [5, 5.41) is 13.0. The molecule has 106 valence electrons. The summed E-state index contributed by atoms with van der Waals surface area (Å²) in [4.78, 5) is 0. The van der Waals surface area contributed by atoms with E-state index in [-0.39, 0.29) is 18.5 Å². The van der Waals surface area contributed by atoms with Crippen LogP contribution in [0.15, 0.2) is 18.2 Å². The molecular formula is C15H22FNO2. The number of benzene rings is 1. The van der Waals surface area contributed by atoms with Crippen molar-refractivity contribution in [3.05, 3.63) is 35.1 Å². The molecule has 2 unspecified atom stereocenters. The molecule has 0 radical (unpaired) electrons. The maximum Gasteiger partial charge on any atom is 0.126 e. The highest BCUT2D eigenvalue weighted by Gasteiger charge is 2.28. The van der Waals surface area contributed by atoms with Gasteiger partial charge in [0.2, 0.25) is 0 Å². The Kier molecular flexibility index (Phi) is 4.55. The highest BCUT2D eigenvalue weighted by molar-refractivity contribution is 5.29. The van der Waals surface area contributed by atoms with Gasteiger partial charge in [-0.05, 0) is 43.9 Å². The molecule has 0 aliphatic carbocycles. The minimum atomic E-state index is -0.638. The Bertz CT molecular complexity index is 432. The molecule has 1 fully saturated rings. The predicted octanol–water partition coefficient (Wildman–Crippen LogP) is 2.11. The standard InChI is InChI=1S/C15H22FNO2/c1-11-5-6-12(8-14(11)16)15(2,10-18)17-9-13-4-3-7-19-13/h5-6,8,13,17-18H,3-4,7,9-10H2,1-2H3. The monoisotopic (exact) mass is 267 g/mol. The lowest BCUT2D eigenvalue weighted by atomic mass is 9.91. The lowest BCUT2D eigenvalue weighted by molar-refractivity contribution is 0.0910. The van der Waals surface area contributed by atoms with Crippen LogP contribution in [0.25, 0.3) is 0 Å². The van der Waals surface area contributed by atoms with Gasteiger partial charge < -0.3 is 15.2 Å². The molecule has 1 aliphatic heterocycles. The largest absolute Gasteiger partial charge is 0.394 e. The van der Waals surface area contributed by atoms with E-state index in [1.165, 1.54) is 6.07 Å². The number of aliphatic hydroxyl groups is 1. The van der Waals surface area contributed by atoms with Crippen molar-refractivity contribution in [1.29, 1.82) is 0 Å². The van der Waals surface area contributed by atoms with Crippen LogP contribution in [0.3, 0.4) is 0 Å². The van der Waals surface area contributed by atoms with E-state index in [0.717, 1.165) is 25.0 Å². The highest BCUT2D eigenvalue weighted by Crippen LogP contribution is 2.23. The summed E-state index contributed by atoms with van der Waals surface area (Å²) in [5.74, 6) is -0.240. The quantitative estimate of drug-likeness (QED) is 0.858. The van der Waals surface area contributed by atoms with Crippen molar-refractivity contribution in [1.82, 2.24) is 5.32 Å². The van der Waals surface area contributed by atoms with Gasteiger partial charge in [-0.25, -0.2) is 4.39 Å². The van der Waals surface area contributed by atoms with E-state index in [1.54, 1.807) is 13.0 Å². The molecule has 1 aliphatic rings. The van der Waals surface area contributed by atoms with E-state index in [4.69, 9.17) is 4.74 Å². The van der Waals surface area contributed by atoms with Crippen molar-refractivity contribution in [2.24, 2.45) is 0 Å². The Morgan fingerprint density at radius 2 is 2.32 bits per heavy atom. The second kappa shape index (κ2) is 5.99. The van der Waals surface area contributed by atoms with Crippen LogP contribution in [0.4, 0.5) is 4.39 Å². The zero-order chi connectivity index (χ0) is 13.9. The summed E-state index contributed by atoms with van der Waals surface area (Å²) < 4.78 is 19.2. The topological polar surface area (TPSA) is 41.5 Å². The van der Waals surface area contributed by atoms with E-state index in [0.29, 0.717) is 12.1 Å². The number of ether oxygens (including phenoxy) is 1. The van der Waals surface area contributed by atoms with Gasteiger partial charge in [0.15, 0.2) is 0 Å². The predicted molar refractivity (Wildman–Crippen MR) is 72.6 cm³/mol. The van der Waals surface area contributed by atoms with Crippen molar-refractivity contribution in [2.45, 2.75) is 38.3 Å². The fraction of sp³-hybridized carbons (Fsp3) is 0.600. The first-order valence-corrected chi connectivity index (χ1v) is 6.79. The van der Waals surface area contributed by atoms with Gasteiger partial charge in [-0.3, -0.25) is 0 Å². The average molecular weight is 267 g/mol. The summed E-state index contributed by atoms with van der Waals surface area (Å²) in [6, 6.07) is 5.09. The third-order valence-corrected chi connectivity index (χ3v) is 3.87. The van der Waals surface area contributed by atoms with E-state index < -0.39 is 5.54 Å². The number of rotatable bonds is 5. The van der Waals surface area contributed by atoms with Crippen LogP contribution in [0.2, 0.25) is 0 Å². The second-order valence-corrected chi connectivity index (χ2v) is 5.47. The number of aliphatic hydroxyl groups excluding tert-OH is 1. The maximum atomic E-state index is 13.7. The minimum absolute atomic E-state index is 0.0811. The molecule has 19 heavy (non-hydrogen) atoms. The van der Waals surface area contributed by atoms with Gasteiger partial charge in [-0.1, -0.05) is 12.1 Å². The van der Waals surface area contributed by atoms with Crippen LogP contribution in [0.1, 0.15) is 30.9 Å².